The topological polar surface area (TPSA) is 57.6 Å². The maximum atomic E-state index is 12.9. The van der Waals surface area contributed by atoms with E-state index in [0.717, 1.165) is 28.0 Å². The molecule has 2 aromatic rings. The predicted octanol–water partition coefficient (Wildman–Crippen LogP) is 6.20. The zero-order valence-electron chi connectivity index (χ0n) is 18.7. The number of likely N-dealkylation sites (tertiary alicyclic amines) is 1. The largest absolute Gasteiger partial charge is 0.481 e. The van der Waals surface area contributed by atoms with E-state index in [0.29, 0.717) is 18.0 Å². The molecular weight excluding hydrogens is 410 g/mol. The average molecular weight is 440 g/mol. The molecule has 4 nitrogen and oxygen atoms in total. The zero-order valence-corrected chi connectivity index (χ0v) is 19.4. The Bertz CT molecular complexity index is 1010. The number of benzene rings is 2. The summed E-state index contributed by atoms with van der Waals surface area (Å²) in [6.07, 6.45) is 0.564. The van der Waals surface area contributed by atoms with E-state index in [1.54, 1.807) is 11.8 Å². The highest BCUT2D eigenvalue weighted by Crippen LogP contribution is 2.49. The minimum absolute atomic E-state index is 0.0675. The van der Waals surface area contributed by atoms with Gasteiger partial charge in [-0.25, -0.2) is 0 Å². The molecule has 0 aliphatic carbocycles. The van der Waals surface area contributed by atoms with E-state index in [1.807, 2.05) is 32.0 Å². The average Bonchev–Trinajstić information content (AvgIpc) is 2.97. The smallest absolute Gasteiger partial charge is 0.303 e. The number of halogens is 1. The van der Waals surface area contributed by atoms with Crippen LogP contribution in [0.1, 0.15) is 48.9 Å². The van der Waals surface area contributed by atoms with Gasteiger partial charge < -0.3 is 10.0 Å². The lowest BCUT2D eigenvalue weighted by molar-refractivity contribution is -0.136. The van der Waals surface area contributed by atoms with Crippen molar-refractivity contribution in [3.05, 3.63) is 94.2 Å². The van der Waals surface area contributed by atoms with Crippen molar-refractivity contribution in [3.8, 4) is 0 Å². The van der Waals surface area contributed by atoms with Gasteiger partial charge in [0.05, 0.1) is 12.0 Å². The number of hydrogen-bond donors (Lipinski definition) is 1. The Kier molecular flexibility index (Phi) is 7.85. The van der Waals surface area contributed by atoms with Crippen molar-refractivity contribution in [1.82, 2.24) is 4.90 Å². The van der Waals surface area contributed by atoms with Crippen molar-refractivity contribution < 1.29 is 14.7 Å². The summed E-state index contributed by atoms with van der Waals surface area (Å²) < 4.78 is 0. The van der Waals surface area contributed by atoms with E-state index in [2.05, 4.69) is 44.3 Å². The van der Waals surface area contributed by atoms with Gasteiger partial charge in [0.2, 0.25) is 5.91 Å². The van der Waals surface area contributed by atoms with Crippen LogP contribution in [0.2, 0.25) is 5.02 Å². The van der Waals surface area contributed by atoms with E-state index in [1.165, 1.54) is 5.56 Å². The van der Waals surface area contributed by atoms with Crippen LogP contribution in [0.3, 0.4) is 0 Å². The van der Waals surface area contributed by atoms with Gasteiger partial charge in [0.15, 0.2) is 0 Å². The van der Waals surface area contributed by atoms with Crippen molar-refractivity contribution in [2.24, 2.45) is 0 Å². The molecule has 1 aliphatic heterocycles. The number of carbonyl (C=O) groups excluding carboxylic acids is 1. The lowest BCUT2D eigenvalue weighted by Gasteiger charge is -2.34. The van der Waals surface area contributed by atoms with E-state index in [9.17, 15) is 9.59 Å². The molecule has 3 rings (SSSR count). The van der Waals surface area contributed by atoms with Crippen LogP contribution in [-0.4, -0.2) is 21.9 Å². The third kappa shape index (κ3) is 5.26. The minimum Gasteiger partial charge on any atom is -0.481 e. The van der Waals surface area contributed by atoms with Crippen molar-refractivity contribution in [3.63, 3.8) is 0 Å². The monoisotopic (exact) mass is 439 g/mol. The molecule has 1 N–H and O–H groups in total. The number of carbonyl (C=O) groups is 2. The fourth-order valence-electron chi connectivity index (χ4n) is 3.80. The Hall–Kier alpha value is -2.85. The first-order valence-corrected chi connectivity index (χ1v) is 10.6. The SMILES string of the molecule is C=C(C)C1(c2cc(Cl)ccc2C)CC(=O)N(Cc2ccc(C)cc2)C1=C.CCC(=O)O. The van der Waals surface area contributed by atoms with Crippen LogP contribution >= 0.6 is 11.6 Å². The number of carboxylic acids is 1. The van der Waals surface area contributed by atoms with Gasteiger partial charge in [-0.2, -0.15) is 0 Å². The van der Waals surface area contributed by atoms with E-state index >= 15 is 0 Å². The number of carboxylic acid groups (broad SMARTS) is 1. The molecule has 2 aromatic carbocycles. The van der Waals surface area contributed by atoms with Gasteiger partial charge in [-0.3, -0.25) is 9.59 Å². The first kappa shape index (κ1) is 24.4. The van der Waals surface area contributed by atoms with Crippen molar-refractivity contribution in [2.45, 2.75) is 52.5 Å². The molecule has 0 spiro atoms. The number of nitrogens with zero attached hydrogens (tertiary/aromatic N) is 1. The van der Waals surface area contributed by atoms with E-state index < -0.39 is 11.4 Å². The van der Waals surface area contributed by atoms with Gasteiger partial charge in [-0.05, 0) is 49.6 Å². The second-order valence-electron chi connectivity index (χ2n) is 7.98. The molecule has 5 heteroatoms. The first-order valence-electron chi connectivity index (χ1n) is 10.2. The van der Waals surface area contributed by atoms with E-state index in [-0.39, 0.29) is 12.3 Å². The van der Waals surface area contributed by atoms with Gasteiger partial charge in [-0.1, -0.05) is 73.2 Å². The van der Waals surface area contributed by atoms with Crippen molar-refractivity contribution >= 4 is 23.5 Å². The number of rotatable bonds is 5. The molecule has 1 fully saturated rings. The van der Waals surface area contributed by atoms with Crippen LogP contribution < -0.4 is 0 Å². The van der Waals surface area contributed by atoms with Crippen LogP contribution in [0.25, 0.3) is 0 Å². The number of aliphatic carboxylic acids is 1. The molecular formula is C26H30ClNO3. The molecule has 1 unspecified atom stereocenters. The summed E-state index contributed by atoms with van der Waals surface area (Å²) in [6.45, 7) is 16.7. The molecule has 0 radical (unpaired) electrons. The third-order valence-corrected chi connectivity index (χ3v) is 5.92. The minimum atomic E-state index is -0.745. The Labute approximate surface area is 189 Å². The summed E-state index contributed by atoms with van der Waals surface area (Å²) in [4.78, 5) is 24.1. The quantitative estimate of drug-likeness (QED) is 0.564. The Morgan fingerprint density at radius 2 is 1.77 bits per heavy atom. The summed E-state index contributed by atoms with van der Waals surface area (Å²) in [5.41, 5.74) is 5.48. The number of amides is 1. The second-order valence-corrected chi connectivity index (χ2v) is 8.42. The van der Waals surface area contributed by atoms with Crippen LogP contribution in [0.4, 0.5) is 0 Å². The first-order chi connectivity index (χ1) is 14.5. The summed E-state index contributed by atoms with van der Waals surface area (Å²) in [5.74, 6) is -0.678. The third-order valence-electron chi connectivity index (χ3n) is 5.69. The summed E-state index contributed by atoms with van der Waals surface area (Å²) >= 11 is 6.27. The Morgan fingerprint density at radius 3 is 2.29 bits per heavy atom. The number of allylic oxidation sites excluding steroid dienone is 1. The maximum absolute atomic E-state index is 12.9. The number of aryl methyl sites for hydroxylation is 2. The molecule has 1 saturated heterocycles. The highest BCUT2D eigenvalue weighted by atomic mass is 35.5. The van der Waals surface area contributed by atoms with Gasteiger partial charge in [0, 0.05) is 23.6 Å². The molecule has 31 heavy (non-hydrogen) atoms. The molecule has 0 bridgehead atoms. The zero-order chi connectivity index (χ0) is 23.3. The van der Waals surface area contributed by atoms with Crippen LogP contribution in [0.5, 0.6) is 0 Å². The Morgan fingerprint density at radius 1 is 1.19 bits per heavy atom. The van der Waals surface area contributed by atoms with Crippen molar-refractivity contribution in [1.29, 1.82) is 0 Å². The molecule has 164 valence electrons. The molecule has 1 aliphatic rings. The predicted molar refractivity (Wildman–Crippen MR) is 126 cm³/mol. The van der Waals surface area contributed by atoms with Gasteiger partial charge in [-0.15, -0.1) is 0 Å². The fourth-order valence-corrected chi connectivity index (χ4v) is 3.97. The summed E-state index contributed by atoms with van der Waals surface area (Å²) in [6, 6.07) is 14.0. The van der Waals surface area contributed by atoms with E-state index in [4.69, 9.17) is 16.7 Å². The molecule has 1 heterocycles. The van der Waals surface area contributed by atoms with Crippen molar-refractivity contribution in [2.75, 3.05) is 0 Å². The van der Waals surface area contributed by atoms with Crippen LogP contribution in [0, 0.1) is 13.8 Å². The molecule has 0 saturated carbocycles. The molecule has 0 aromatic heterocycles. The lowest BCUT2D eigenvalue weighted by atomic mass is 9.71. The second kappa shape index (κ2) is 9.97. The highest BCUT2D eigenvalue weighted by Gasteiger charge is 2.49. The molecule has 1 amide bonds. The highest BCUT2D eigenvalue weighted by molar-refractivity contribution is 6.30. The lowest BCUT2D eigenvalue weighted by Crippen LogP contribution is -2.30. The maximum Gasteiger partial charge on any atom is 0.303 e. The van der Waals surface area contributed by atoms with Crippen LogP contribution in [0.15, 0.2) is 66.9 Å². The standard InChI is InChI=1S/C23H24ClNO.C3H6O2/c1-15(2)23(21-12-20(24)11-8-17(21)4)13-22(26)25(18(23)5)14-19-9-6-16(3)7-10-19;1-2-3(4)5/h6-12H,1,5,13-14H2,2-4H3;2H2,1H3,(H,4,5). The molecule has 1 atom stereocenters. The van der Waals surface area contributed by atoms with Crippen LogP contribution in [-0.2, 0) is 21.5 Å². The number of hydrogen-bond acceptors (Lipinski definition) is 2. The summed E-state index contributed by atoms with van der Waals surface area (Å²) in [5, 5.41) is 8.38. The fraction of sp³-hybridized carbons (Fsp3) is 0.308. The summed E-state index contributed by atoms with van der Waals surface area (Å²) in [7, 11) is 0. The Balaban J connectivity index is 0.000000614. The van der Waals surface area contributed by atoms with Gasteiger partial charge in [0.25, 0.3) is 0 Å². The van der Waals surface area contributed by atoms with Gasteiger partial charge in [0.1, 0.15) is 0 Å². The van der Waals surface area contributed by atoms with Gasteiger partial charge >= 0.3 is 5.97 Å². The normalized spacial score (nSPS) is 17.9.